The second-order valence-corrected chi connectivity index (χ2v) is 12.6. The Labute approximate surface area is 241 Å². The van der Waals surface area contributed by atoms with E-state index in [1.54, 1.807) is 0 Å². The minimum absolute atomic E-state index is 0. The summed E-state index contributed by atoms with van der Waals surface area (Å²) in [5, 5.41) is 0. The lowest BCUT2D eigenvalue weighted by Gasteiger charge is -2.30. The fraction of sp³-hybridized carbons (Fsp3) is 1.00. The van der Waals surface area contributed by atoms with Crippen LogP contribution in [0.1, 0.15) is 194 Å². The molecule has 0 fully saturated rings. The van der Waals surface area contributed by atoms with E-state index in [0.29, 0.717) is 0 Å². The molecule has 0 unspecified atom stereocenters. The predicted molar refractivity (Wildman–Crippen MR) is 162 cm³/mol. The molecule has 0 aromatic rings. The van der Waals surface area contributed by atoms with E-state index < -0.39 is 0 Å². The van der Waals surface area contributed by atoms with Gasteiger partial charge in [-0.2, -0.15) is 0 Å². The van der Waals surface area contributed by atoms with Crippen molar-refractivity contribution in [3.05, 3.63) is 0 Å². The van der Waals surface area contributed by atoms with Crippen LogP contribution in [0.4, 0.5) is 0 Å². The van der Waals surface area contributed by atoms with Crippen molar-refractivity contribution in [2.75, 3.05) is 27.2 Å². The van der Waals surface area contributed by atoms with Gasteiger partial charge in [-0.1, -0.05) is 168 Å². The van der Waals surface area contributed by atoms with Crippen molar-refractivity contribution in [2.45, 2.75) is 194 Å². The van der Waals surface area contributed by atoms with E-state index in [9.17, 15) is 0 Å². The molecule has 0 N–H and O–H groups in total. The molecule has 0 radical (unpaired) electrons. The van der Waals surface area contributed by atoms with Crippen molar-refractivity contribution in [1.29, 1.82) is 0 Å². The van der Waals surface area contributed by atoms with Gasteiger partial charge in [-0.25, -0.2) is 0 Å². The highest BCUT2D eigenvalue weighted by atomic mass is 79.9. The number of halogens is 1. The third-order valence-corrected chi connectivity index (χ3v) is 8.23. The van der Waals surface area contributed by atoms with Crippen LogP contribution in [-0.4, -0.2) is 31.7 Å². The number of hydrogen-bond acceptors (Lipinski definition) is 0. The van der Waals surface area contributed by atoms with Gasteiger partial charge in [-0.3, -0.25) is 0 Å². The van der Waals surface area contributed by atoms with Crippen LogP contribution in [0.2, 0.25) is 0 Å². The van der Waals surface area contributed by atoms with E-state index in [-0.39, 0.29) is 17.0 Å². The Balaban J connectivity index is 0. The van der Waals surface area contributed by atoms with Crippen LogP contribution in [-0.2, 0) is 0 Å². The lowest BCUT2D eigenvalue weighted by molar-refractivity contribution is -0.890. The average molecular weight is 575 g/mol. The lowest BCUT2D eigenvalue weighted by atomic mass is 10.0. The van der Waals surface area contributed by atoms with Crippen LogP contribution in [0.3, 0.4) is 0 Å². The number of hydrogen-bond donors (Lipinski definition) is 0. The Morgan fingerprint density at radius 2 is 0.444 bits per heavy atom. The van der Waals surface area contributed by atoms with Crippen molar-refractivity contribution >= 4 is 0 Å². The quantitative estimate of drug-likeness (QED) is 0.0593. The van der Waals surface area contributed by atoms with Crippen molar-refractivity contribution in [3.8, 4) is 0 Å². The smallest absolute Gasteiger partial charge is 0.0782 e. The van der Waals surface area contributed by atoms with Gasteiger partial charge in [0.15, 0.2) is 0 Å². The standard InChI is InChI=1S/C34H72N.BrH/c1-5-7-9-11-13-15-17-19-21-23-25-27-29-31-33-35(3,4)34-32-30-28-26-24-22-20-18-16-14-12-10-8-6-2;/h5-34H2,1-4H3;1H/q+1;/p-1. The molecule has 0 bridgehead atoms. The maximum atomic E-state index is 2.46. The molecule has 2 heteroatoms. The summed E-state index contributed by atoms with van der Waals surface area (Å²) in [6.45, 7) is 7.38. The molecule has 0 amide bonds. The van der Waals surface area contributed by atoms with E-state index in [4.69, 9.17) is 0 Å². The van der Waals surface area contributed by atoms with Crippen molar-refractivity contribution < 1.29 is 21.5 Å². The van der Waals surface area contributed by atoms with E-state index in [1.165, 1.54) is 197 Å². The summed E-state index contributed by atoms with van der Waals surface area (Å²) >= 11 is 0. The molecule has 0 rings (SSSR count). The van der Waals surface area contributed by atoms with E-state index in [1.807, 2.05) is 0 Å². The number of nitrogens with zero attached hydrogens (tertiary/aromatic N) is 1. The molecular formula is C34H72BrN. The molecular weight excluding hydrogens is 502 g/mol. The van der Waals surface area contributed by atoms with Gasteiger partial charge in [-0.15, -0.1) is 0 Å². The summed E-state index contributed by atoms with van der Waals surface area (Å²) in [5.74, 6) is 0. The minimum Gasteiger partial charge on any atom is -1.00 e. The summed E-state index contributed by atoms with van der Waals surface area (Å²) < 4.78 is 1.25. The van der Waals surface area contributed by atoms with Crippen molar-refractivity contribution in [2.24, 2.45) is 0 Å². The zero-order chi connectivity index (χ0) is 25.7. The molecule has 1 nitrogen and oxygen atoms in total. The fourth-order valence-corrected chi connectivity index (χ4v) is 5.58. The van der Waals surface area contributed by atoms with Gasteiger partial charge in [0.1, 0.15) is 0 Å². The summed E-state index contributed by atoms with van der Waals surface area (Å²) in [5.41, 5.74) is 0. The summed E-state index contributed by atoms with van der Waals surface area (Å²) in [6.07, 6.45) is 40.9. The first-order valence-electron chi connectivity index (χ1n) is 16.9. The second kappa shape index (κ2) is 31.7. The largest absolute Gasteiger partial charge is 1.00 e. The Morgan fingerprint density at radius 3 is 0.639 bits per heavy atom. The first-order valence-corrected chi connectivity index (χ1v) is 16.9. The molecule has 0 aromatic heterocycles. The number of unbranched alkanes of at least 4 members (excludes halogenated alkanes) is 26. The van der Waals surface area contributed by atoms with Gasteiger partial charge in [-0.05, 0) is 25.7 Å². The number of rotatable bonds is 30. The third kappa shape index (κ3) is 32.5. The molecule has 0 saturated carbocycles. The summed E-state index contributed by atoms with van der Waals surface area (Å²) in [7, 11) is 4.93. The van der Waals surface area contributed by atoms with Crippen LogP contribution >= 0.6 is 0 Å². The highest BCUT2D eigenvalue weighted by Gasteiger charge is 2.13. The van der Waals surface area contributed by atoms with Gasteiger partial charge in [0.25, 0.3) is 0 Å². The number of quaternary nitrogens is 1. The molecule has 36 heavy (non-hydrogen) atoms. The molecule has 0 heterocycles. The molecule has 0 atom stereocenters. The monoisotopic (exact) mass is 573 g/mol. The summed E-state index contributed by atoms with van der Waals surface area (Å²) in [4.78, 5) is 0. The topological polar surface area (TPSA) is 0 Å². The van der Waals surface area contributed by atoms with Gasteiger partial charge in [0.05, 0.1) is 27.2 Å². The van der Waals surface area contributed by atoms with Crippen LogP contribution in [0, 0.1) is 0 Å². The average Bonchev–Trinajstić information content (AvgIpc) is 2.84. The Morgan fingerprint density at radius 1 is 0.278 bits per heavy atom. The Bertz CT molecular complexity index is 347. The molecule has 0 aliphatic heterocycles. The minimum atomic E-state index is 0. The molecule has 0 saturated heterocycles. The highest BCUT2D eigenvalue weighted by molar-refractivity contribution is 4.51. The predicted octanol–water partition coefficient (Wildman–Crippen LogP) is 9.03. The molecule has 0 aliphatic rings. The highest BCUT2D eigenvalue weighted by Crippen LogP contribution is 2.15. The zero-order valence-corrected chi connectivity index (χ0v) is 27.6. The van der Waals surface area contributed by atoms with Crippen LogP contribution in [0.15, 0.2) is 0 Å². The fourth-order valence-electron chi connectivity index (χ4n) is 5.58. The van der Waals surface area contributed by atoms with Gasteiger partial charge in [0.2, 0.25) is 0 Å². The molecule has 0 aromatic carbocycles. The first-order chi connectivity index (χ1) is 17.1. The van der Waals surface area contributed by atoms with Gasteiger partial charge in [0, 0.05) is 0 Å². The molecule has 0 spiro atoms. The van der Waals surface area contributed by atoms with Crippen LogP contribution < -0.4 is 17.0 Å². The lowest BCUT2D eigenvalue weighted by Crippen LogP contribution is -3.00. The van der Waals surface area contributed by atoms with Crippen LogP contribution in [0.25, 0.3) is 0 Å². The summed E-state index contributed by atoms with van der Waals surface area (Å²) in [6, 6.07) is 0. The maximum Gasteiger partial charge on any atom is 0.0782 e. The SMILES string of the molecule is CCCCCCCCCCCCCCCC[N+](C)(C)CCCCCCCCCCCCCCCC.[Br-]. The van der Waals surface area contributed by atoms with Gasteiger partial charge >= 0.3 is 0 Å². The Kier molecular flexibility index (Phi) is 33.9. The van der Waals surface area contributed by atoms with Gasteiger partial charge < -0.3 is 21.5 Å². The molecule has 220 valence electrons. The Hall–Kier alpha value is 0.440. The maximum absolute atomic E-state index is 2.46. The second-order valence-electron chi connectivity index (χ2n) is 12.6. The third-order valence-electron chi connectivity index (χ3n) is 8.23. The van der Waals surface area contributed by atoms with E-state index >= 15 is 0 Å². The zero-order valence-electron chi connectivity index (χ0n) is 26.0. The van der Waals surface area contributed by atoms with Crippen LogP contribution in [0.5, 0.6) is 0 Å². The normalized spacial score (nSPS) is 11.7. The van der Waals surface area contributed by atoms with Crippen molar-refractivity contribution in [1.82, 2.24) is 0 Å². The van der Waals surface area contributed by atoms with E-state index in [2.05, 4.69) is 27.9 Å². The first kappa shape index (κ1) is 38.6. The van der Waals surface area contributed by atoms with E-state index in [0.717, 1.165) is 0 Å². The molecule has 0 aliphatic carbocycles. The van der Waals surface area contributed by atoms with Crippen molar-refractivity contribution in [3.63, 3.8) is 0 Å².